The quantitative estimate of drug-likeness (QED) is 0.725. The predicted octanol–water partition coefficient (Wildman–Crippen LogP) is 3.26. The summed E-state index contributed by atoms with van der Waals surface area (Å²) in [7, 11) is 0. The molecule has 27 heavy (non-hydrogen) atoms. The van der Waals surface area contributed by atoms with Gasteiger partial charge < -0.3 is 15.6 Å². The smallest absolute Gasteiger partial charge is 0.341 e. The van der Waals surface area contributed by atoms with Crippen LogP contribution >= 0.6 is 0 Å². The first kappa shape index (κ1) is 20.6. The average Bonchev–Trinajstić information content (AvgIpc) is 2.59. The molecule has 0 fully saturated rings. The zero-order valence-corrected chi connectivity index (χ0v) is 16.2. The summed E-state index contributed by atoms with van der Waals surface area (Å²) in [6.45, 7) is 7.43. The number of carbonyl (C=O) groups excluding carboxylic acids is 1. The van der Waals surface area contributed by atoms with Crippen molar-refractivity contribution in [3.63, 3.8) is 0 Å². The lowest BCUT2D eigenvalue weighted by Gasteiger charge is -2.20. The highest BCUT2D eigenvalue weighted by Gasteiger charge is 2.25. The fraction of sp³-hybridized carbons (Fsp3) is 0.381. The van der Waals surface area contributed by atoms with Gasteiger partial charge in [-0.25, -0.2) is 9.59 Å². The third-order valence-electron chi connectivity index (χ3n) is 4.24. The molecule has 0 aliphatic heterocycles. The van der Waals surface area contributed by atoms with Crippen LogP contribution < -0.4 is 5.73 Å². The number of carboxylic acids is 1. The van der Waals surface area contributed by atoms with Crippen molar-refractivity contribution < 1.29 is 19.4 Å². The molecule has 0 radical (unpaired) electrons. The van der Waals surface area contributed by atoms with Gasteiger partial charge in [0.25, 0.3) is 0 Å². The van der Waals surface area contributed by atoms with E-state index in [0.717, 1.165) is 28.8 Å². The SMILES string of the molecule is Cc1ccc(-c2c(CN)c(CC(C)C)nc(C)c2C(=O)OCC(=O)O)cc1. The van der Waals surface area contributed by atoms with Crippen molar-refractivity contribution in [2.45, 2.75) is 40.7 Å². The number of benzene rings is 1. The van der Waals surface area contributed by atoms with E-state index in [1.54, 1.807) is 6.92 Å². The standard InChI is InChI=1S/C21H26N2O4/c1-12(2)9-17-16(10-22)20(15-7-5-13(3)6-8-15)19(14(4)23-17)21(26)27-11-18(24)25/h5-8,12H,9-11,22H2,1-4H3,(H,24,25). The van der Waals surface area contributed by atoms with Gasteiger partial charge in [-0.15, -0.1) is 0 Å². The van der Waals surface area contributed by atoms with Gasteiger partial charge in [0.2, 0.25) is 0 Å². The van der Waals surface area contributed by atoms with Crippen molar-refractivity contribution in [2.75, 3.05) is 6.61 Å². The van der Waals surface area contributed by atoms with Crippen LogP contribution in [0.1, 0.15) is 46.7 Å². The summed E-state index contributed by atoms with van der Waals surface area (Å²) < 4.78 is 4.96. The monoisotopic (exact) mass is 370 g/mol. The van der Waals surface area contributed by atoms with Crippen molar-refractivity contribution in [1.29, 1.82) is 0 Å². The molecule has 0 spiro atoms. The van der Waals surface area contributed by atoms with Crippen LogP contribution in [0.25, 0.3) is 11.1 Å². The molecular formula is C21H26N2O4. The average molecular weight is 370 g/mol. The van der Waals surface area contributed by atoms with Crippen LogP contribution in [0.3, 0.4) is 0 Å². The molecule has 1 heterocycles. The molecular weight excluding hydrogens is 344 g/mol. The first-order valence-corrected chi connectivity index (χ1v) is 8.93. The zero-order chi connectivity index (χ0) is 20.1. The molecule has 1 aromatic heterocycles. The minimum atomic E-state index is -1.21. The maximum Gasteiger partial charge on any atom is 0.341 e. The maximum atomic E-state index is 12.7. The number of aryl methyl sites for hydroxylation is 2. The maximum absolute atomic E-state index is 12.7. The van der Waals surface area contributed by atoms with Gasteiger partial charge in [-0.2, -0.15) is 0 Å². The van der Waals surface area contributed by atoms with Gasteiger partial charge in [0, 0.05) is 17.8 Å². The highest BCUT2D eigenvalue weighted by molar-refractivity contribution is 6.00. The highest BCUT2D eigenvalue weighted by Crippen LogP contribution is 2.33. The van der Waals surface area contributed by atoms with Crippen molar-refractivity contribution in [1.82, 2.24) is 4.98 Å². The summed E-state index contributed by atoms with van der Waals surface area (Å²) in [6, 6.07) is 7.77. The molecule has 0 aliphatic carbocycles. The van der Waals surface area contributed by atoms with Crippen molar-refractivity contribution in [3.05, 3.63) is 52.3 Å². The van der Waals surface area contributed by atoms with E-state index in [4.69, 9.17) is 15.6 Å². The summed E-state index contributed by atoms with van der Waals surface area (Å²) in [5.41, 5.74) is 11.1. The Morgan fingerprint density at radius 2 is 1.81 bits per heavy atom. The molecule has 1 aromatic carbocycles. The normalized spacial score (nSPS) is 10.9. The molecule has 0 aliphatic rings. The van der Waals surface area contributed by atoms with Crippen LogP contribution in [0.5, 0.6) is 0 Å². The third kappa shape index (κ3) is 4.92. The molecule has 2 rings (SSSR count). The lowest BCUT2D eigenvalue weighted by Crippen LogP contribution is -2.19. The number of pyridine rings is 1. The number of nitrogens with two attached hydrogens (primary N) is 1. The summed E-state index contributed by atoms with van der Waals surface area (Å²) in [5, 5.41) is 8.83. The Bertz CT molecular complexity index is 842. The van der Waals surface area contributed by atoms with E-state index in [1.807, 2.05) is 31.2 Å². The lowest BCUT2D eigenvalue weighted by molar-refractivity contribution is -0.140. The number of aromatic nitrogens is 1. The Balaban J connectivity index is 2.71. The number of nitrogens with zero attached hydrogens (tertiary/aromatic N) is 1. The number of ether oxygens (including phenoxy) is 1. The van der Waals surface area contributed by atoms with E-state index >= 15 is 0 Å². The lowest BCUT2D eigenvalue weighted by atomic mass is 9.90. The van der Waals surface area contributed by atoms with Gasteiger partial charge in [-0.3, -0.25) is 4.98 Å². The highest BCUT2D eigenvalue weighted by atomic mass is 16.5. The first-order chi connectivity index (χ1) is 12.7. The van der Waals surface area contributed by atoms with Crippen LogP contribution in [0.15, 0.2) is 24.3 Å². The third-order valence-corrected chi connectivity index (χ3v) is 4.24. The summed E-state index contributed by atoms with van der Waals surface area (Å²) >= 11 is 0. The summed E-state index contributed by atoms with van der Waals surface area (Å²) in [5.74, 6) is -1.54. The van der Waals surface area contributed by atoms with E-state index in [1.165, 1.54) is 0 Å². The molecule has 0 saturated carbocycles. The minimum Gasteiger partial charge on any atom is -0.479 e. The van der Waals surface area contributed by atoms with Gasteiger partial charge in [0.1, 0.15) is 0 Å². The van der Waals surface area contributed by atoms with Crippen LogP contribution in [-0.4, -0.2) is 28.6 Å². The van der Waals surface area contributed by atoms with Gasteiger partial charge >= 0.3 is 11.9 Å². The molecule has 0 saturated heterocycles. The van der Waals surface area contributed by atoms with Gasteiger partial charge in [-0.05, 0) is 37.3 Å². The summed E-state index contributed by atoms with van der Waals surface area (Å²) in [6.07, 6.45) is 0.733. The second-order valence-corrected chi connectivity index (χ2v) is 7.01. The molecule has 2 aromatic rings. The van der Waals surface area contributed by atoms with Crippen molar-refractivity contribution in [3.8, 4) is 11.1 Å². The minimum absolute atomic E-state index is 0.220. The number of aliphatic carboxylic acids is 1. The van der Waals surface area contributed by atoms with E-state index in [9.17, 15) is 9.59 Å². The topological polar surface area (TPSA) is 103 Å². The van der Waals surface area contributed by atoms with Crippen molar-refractivity contribution >= 4 is 11.9 Å². The van der Waals surface area contributed by atoms with Crippen LogP contribution in [0, 0.1) is 19.8 Å². The van der Waals surface area contributed by atoms with E-state index in [2.05, 4.69) is 18.8 Å². The van der Waals surface area contributed by atoms with Gasteiger partial charge in [-0.1, -0.05) is 43.7 Å². The predicted molar refractivity (Wildman–Crippen MR) is 103 cm³/mol. The zero-order valence-electron chi connectivity index (χ0n) is 16.2. The van der Waals surface area contributed by atoms with Gasteiger partial charge in [0.15, 0.2) is 6.61 Å². The molecule has 144 valence electrons. The molecule has 0 atom stereocenters. The van der Waals surface area contributed by atoms with E-state index in [0.29, 0.717) is 17.2 Å². The molecule has 0 amide bonds. The number of rotatable bonds is 7. The van der Waals surface area contributed by atoms with Crippen LogP contribution in [-0.2, 0) is 22.5 Å². The molecule has 0 bridgehead atoms. The Morgan fingerprint density at radius 1 is 1.19 bits per heavy atom. The molecule has 6 heteroatoms. The fourth-order valence-corrected chi connectivity index (χ4v) is 3.07. The van der Waals surface area contributed by atoms with E-state index < -0.39 is 18.5 Å². The van der Waals surface area contributed by atoms with Crippen LogP contribution in [0.2, 0.25) is 0 Å². The van der Waals surface area contributed by atoms with Crippen molar-refractivity contribution in [2.24, 2.45) is 11.7 Å². The van der Waals surface area contributed by atoms with Crippen LogP contribution in [0.4, 0.5) is 0 Å². The molecule has 3 N–H and O–H groups in total. The molecule has 0 unspecified atom stereocenters. The number of carboxylic acid groups (broad SMARTS) is 1. The number of hydrogen-bond acceptors (Lipinski definition) is 5. The summed E-state index contributed by atoms with van der Waals surface area (Å²) in [4.78, 5) is 28.1. The Kier molecular flexibility index (Phi) is 6.69. The fourth-order valence-electron chi connectivity index (χ4n) is 3.07. The number of esters is 1. The second-order valence-electron chi connectivity index (χ2n) is 7.01. The Hall–Kier alpha value is -2.73. The second kappa shape index (κ2) is 8.77. The largest absolute Gasteiger partial charge is 0.479 e. The Labute approximate surface area is 159 Å². The number of carbonyl (C=O) groups is 2. The first-order valence-electron chi connectivity index (χ1n) is 8.93. The van der Waals surface area contributed by atoms with E-state index in [-0.39, 0.29) is 12.1 Å². The number of hydrogen-bond donors (Lipinski definition) is 2. The molecule has 6 nitrogen and oxygen atoms in total. The Morgan fingerprint density at radius 3 is 2.33 bits per heavy atom. The van der Waals surface area contributed by atoms with Gasteiger partial charge in [0.05, 0.1) is 11.3 Å².